The molecule has 0 saturated heterocycles. The van der Waals surface area contributed by atoms with Crippen molar-refractivity contribution in [3.63, 3.8) is 0 Å². The minimum absolute atomic E-state index is 0.848. The van der Waals surface area contributed by atoms with E-state index in [-0.39, 0.29) is 0 Å². The van der Waals surface area contributed by atoms with Crippen molar-refractivity contribution in [2.24, 2.45) is 0 Å². The van der Waals surface area contributed by atoms with Gasteiger partial charge in [-0.25, -0.2) is 9.97 Å². The molecule has 0 atom stereocenters. The zero-order valence-corrected chi connectivity index (χ0v) is 12.7. The molecule has 0 fully saturated rings. The molecule has 1 N–H and O–H groups in total. The molecule has 0 aliphatic carbocycles. The van der Waals surface area contributed by atoms with Crippen LogP contribution in [0.4, 0.5) is 5.95 Å². The molecule has 0 aliphatic rings. The van der Waals surface area contributed by atoms with Crippen LogP contribution in [-0.4, -0.2) is 29.6 Å². The predicted molar refractivity (Wildman–Crippen MR) is 81.4 cm³/mol. The lowest BCUT2D eigenvalue weighted by Gasteiger charge is -2.22. The number of aromatic nitrogens is 2. The second-order valence-electron chi connectivity index (χ2n) is 4.87. The highest BCUT2D eigenvalue weighted by atomic mass is 15.2. The molecule has 4 heteroatoms. The van der Waals surface area contributed by atoms with E-state index in [9.17, 15) is 0 Å². The van der Waals surface area contributed by atoms with Crippen LogP contribution in [0.25, 0.3) is 0 Å². The second kappa shape index (κ2) is 9.73. The quantitative estimate of drug-likeness (QED) is 0.705. The highest BCUT2D eigenvalue weighted by Crippen LogP contribution is 2.10. The summed E-state index contributed by atoms with van der Waals surface area (Å²) in [5.41, 5.74) is 1.15. The Bertz CT molecular complexity index is 315. The summed E-state index contributed by atoms with van der Waals surface area (Å²) >= 11 is 0. The van der Waals surface area contributed by atoms with Gasteiger partial charge in [0, 0.05) is 37.6 Å². The maximum Gasteiger partial charge on any atom is 0.225 e. The molecule has 0 amide bonds. The second-order valence-corrected chi connectivity index (χ2v) is 4.87. The molecule has 108 valence electrons. The minimum Gasteiger partial charge on any atom is -0.341 e. The number of unbranched alkanes of at least 4 members (excludes halogenated alkanes) is 2. The Hall–Kier alpha value is -1.16. The van der Waals surface area contributed by atoms with Gasteiger partial charge in [0.2, 0.25) is 5.95 Å². The van der Waals surface area contributed by atoms with Crippen molar-refractivity contribution < 1.29 is 0 Å². The third-order valence-electron chi connectivity index (χ3n) is 3.12. The van der Waals surface area contributed by atoms with E-state index in [0.29, 0.717) is 0 Å². The number of nitrogens with zero attached hydrogens (tertiary/aromatic N) is 3. The monoisotopic (exact) mass is 264 g/mol. The van der Waals surface area contributed by atoms with E-state index in [0.717, 1.165) is 37.7 Å². The fourth-order valence-electron chi connectivity index (χ4n) is 1.88. The smallest absolute Gasteiger partial charge is 0.225 e. The molecule has 0 unspecified atom stereocenters. The molecule has 4 nitrogen and oxygen atoms in total. The van der Waals surface area contributed by atoms with Crippen molar-refractivity contribution in [3.8, 4) is 0 Å². The largest absolute Gasteiger partial charge is 0.341 e. The molecule has 1 heterocycles. The summed E-state index contributed by atoms with van der Waals surface area (Å²) < 4.78 is 0. The van der Waals surface area contributed by atoms with E-state index in [1.807, 2.05) is 12.4 Å². The standard InChI is InChI=1S/C15H28N4/c1-4-7-9-19(10-8-5-2)15-17-12-14(13-18-15)11-16-6-3/h12-13,16H,4-11H2,1-3H3. The Kier molecular flexibility index (Phi) is 8.14. The van der Waals surface area contributed by atoms with Crippen LogP contribution in [0, 0.1) is 0 Å². The molecular formula is C15H28N4. The lowest BCUT2D eigenvalue weighted by molar-refractivity contribution is 0.660. The lowest BCUT2D eigenvalue weighted by Crippen LogP contribution is -2.27. The summed E-state index contributed by atoms with van der Waals surface area (Å²) in [5, 5.41) is 3.29. The van der Waals surface area contributed by atoms with Gasteiger partial charge in [-0.05, 0) is 19.4 Å². The fraction of sp³-hybridized carbons (Fsp3) is 0.733. The van der Waals surface area contributed by atoms with Crippen molar-refractivity contribution in [2.75, 3.05) is 24.5 Å². The first-order chi connectivity index (χ1) is 9.31. The summed E-state index contributed by atoms with van der Waals surface area (Å²) in [6, 6.07) is 0. The van der Waals surface area contributed by atoms with E-state index >= 15 is 0 Å². The van der Waals surface area contributed by atoms with Crippen molar-refractivity contribution in [1.29, 1.82) is 0 Å². The molecule has 0 bridgehead atoms. The Balaban J connectivity index is 2.61. The number of hydrogen-bond donors (Lipinski definition) is 1. The highest BCUT2D eigenvalue weighted by Gasteiger charge is 2.08. The van der Waals surface area contributed by atoms with Gasteiger partial charge in [-0.15, -0.1) is 0 Å². The van der Waals surface area contributed by atoms with Crippen LogP contribution in [0.15, 0.2) is 12.4 Å². The van der Waals surface area contributed by atoms with Gasteiger partial charge in [0.25, 0.3) is 0 Å². The first-order valence-electron chi connectivity index (χ1n) is 7.58. The Labute approximate surface area is 117 Å². The van der Waals surface area contributed by atoms with E-state index < -0.39 is 0 Å². The summed E-state index contributed by atoms with van der Waals surface area (Å²) in [4.78, 5) is 11.3. The van der Waals surface area contributed by atoms with Gasteiger partial charge in [0.15, 0.2) is 0 Å². The van der Waals surface area contributed by atoms with E-state index in [1.165, 1.54) is 25.7 Å². The van der Waals surface area contributed by atoms with Crippen LogP contribution in [0.5, 0.6) is 0 Å². The summed E-state index contributed by atoms with van der Waals surface area (Å²) in [6.07, 6.45) is 8.70. The number of anilines is 1. The van der Waals surface area contributed by atoms with Crippen molar-refractivity contribution in [1.82, 2.24) is 15.3 Å². The van der Waals surface area contributed by atoms with Crippen LogP contribution in [0.2, 0.25) is 0 Å². The van der Waals surface area contributed by atoms with Gasteiger partial charge in [-0.3, -0.25) is 0 Å². The third kappa shape index (κ3) is 6.01. The van der Waals surface area contributed by atoms with Gasteiger partial charge in [-0.1, -0.05) is 33.6 Å². The molecule has 19 heavy (non-hydrogen) atoms. The molecule has 1 aromatic rings. The van der Waals surface area contributed by atoms with Gasteiger partial charge in [0.05, 0.1) is 0 Å². The Morgan fingerprint density at radius 1 is 1.00 bits per heavy atom. The molecule has 0 radical (unpaired) electrons. The van der Waals surface area contributed by atoms with Gasteiger partial charge in [-0.2, -0.15) is 0 Å². The molecule has 0 saturated carbocycles. The molecule has 0 aromatic carbocycles. The first-order valence-corrected chi connectivity index (χ1v) is 7.58. The van der Waals surface area contributed by atoms with Crippen LogP contribution in [-0.2, 0) is 6.54 Å². The first kappa shape index (κ1) is 15.9. The molecule has 1 aromatic heterocycles. The normalized spacial score (nSPS) is 10.7. The maximum absolute atomic E-state index is 4.51. The molecule has 0 aliphatic heterocycles. The maximum atomic E-state index is 4.51. The van der Waals surface area contributed by atoms with E-state index in [1.54, 1.807) is 0 Å². The van der Waals surface area contributed by atoms with Crippen LogP contribution < -0.4 is 10.2 Å². The topological polar surface area (TPSA) is 41.1 Å². The number of rotatable bonds is 10. The lowest BCUT2D eigenvalue weighted by atomic mass is 10.2. The van der Waals surface area contributed by atoms with Gasteiger partial charge >= 0.3 is 0 Å². The fourth-order valence-corrected chi connectivity index (χ4v) is 1.88. The average molecular weight is 264 g/mol. The SMILES string of the molecule is CCCCN(CCCC)c1ncc(CNCC)cn1. The summed E-state index contributed by atoms with van der Waals surface area (Å²) in [6.45, 7) is 10.5. The molecule has 1 rings (SSSR count). The van der Waals surface area contributed by atoms with Crippen LogP contribution in [0.3, 0.4) is 0 Å². The average Bonchev–Trinajstić information content (AvgIpc) is 2.46. The van der Waals surface area contributed by atoms with Gasteiger partial charge < -0.3 is 10.2 Å². The van der Waals surface area contributed by atoms with Crippen molar-refractivity contribution >= 4 is 5.95 Å². The van der Waals surface area contributed by atoms with Crippen LogP contribution >= 0.6 is 0 Å². The Morgan fingerprint density at radius 2 is 1.58 bits per heavy atom. The van der Waals surface area contributed by atoms with Crippen LogP contribution in [0.1, 0.15) is 52.0 Å². The summed E-state index contributed by atoms with van der Waals surface area (Å²) in [5.74, 6) is 0.877. The highest BCUT2D eigenvalue weighted by molar-refractivity contribution is 5.29. The zero-order valence-electron chi connectivity index (χ0n) is 12.7. The predicted octanol–water partition coefficient (Wildman–Crippen LogP) is 2.99. The van der Waals surface area contributed by atoms with E-state index in [4.69, 9.17) is 0 Å². The zero-order chi connectivity index (χ0) is 13.9. The third-order valence-corrected chi connectivity index (χ3v) is 3.12. The number of nitrogens with one attached hydrogen (secondary N) is 1. The molecular weight excluding hydrogens is 236 g/mol. The van der Waals surface area contributed by atoms with E-state index in [2.05, 4.69) is 41.0 Å². The van der Waals surface area contributed by atoms with Gasteiger partial charge in [0.1, 0.15) is 0 Å². The van der Waals surface area contributed by atoms with Crippen molar-refractivity contribution in [3.05, 3.63) is 18.0 Å². The summed E-state index contributed by atoms with van der Waals surface area (Å²) in [7, 11) is 0. The molecule has 0 spiro atoms. The Morgan fingerprint density at radius 3 is 2.05 bits per heavy atom. The minimum atomic E-state index is 0.848. The van der Waals surface area contributed by atoms with Crippen molar-refractivity contribution in [2.45, 2.75) is 53.0 Å². The number of hydrogen-bond acceptors (Lipinski definition) is 4.